The Balaban J connectivity index is 2.01. The van der Waals surface area contributed by atoms with Crippen molar-refractivity contribution in [1.82, 2.24) is 0 Å². The van der Waals surface area contributed by atoms with Crippen LogP contribution in [0.4, 0.5) is 13.2 Å². The van der Waals surface area contributed by atoms with Crippen molar-refractivity contribution in [2.75, 3.05) is 0 Å². The molecular weight excluding hydrogens is 337 g/mol. The lowest BCUT2D eigenvalue weighted by atomic mass is 9.92. The van der Waals surface area contributed by atoms with Gasteiger partial charge in [0.25, 0.3) is 0 Å². The van der Waals surface area contributed by atoms with Gasteiger partial charge in [0.15, 0.2) is 0 Å². The molecule has 1 heterocycles. The van der Waals surface area contributed by atoms with Crippen molar-refractivity contribution in [3.63, 3.8) is 0 Å². The van der Waals surface area contributed by atoms with E-state index in [9.17, 15) is 13.2 Å². The van der Waals surface area contributed by atoms with Gasteiger partial charge in [0.1, 0.15) is 17.5 Å². The van der Waals surface area contributed by atoms with Crippen molar-refractivity contribution in [3.05, 3.63) is 40.4 Å². The standard InChI is InChI=1S/C18H24ClF3Si/c1-2-3-4-7-23-8-5-13(6-9-23)14-10-15(20)18(16(21)11-14)17(22)12-19/h10-13,23H,2-9H2,1H3/t13-,23-. The van der Waals surface area contributed by atoms with E-state index in [2.05, 4.69) is 6.92 Å². The van der Waals surface area contributed by atoms with Crippen LogP contribution >= 0.6 is 11.6 Å². The molecule has 5 heteroatoms. The summed E-state index contributed by atoms with van der Waals surface area (Å²) in [6, 6.07) is 6.45. The van der Waals surface area contributed by atoms with Crippen LogP contribution in [0, 0.1) is 11.6 Å². The lowest BCUT2D eigenvalue weighted by Crippen LogP contribution is -2.20. The van der Waals surface area contributed by atoms with E-state index in [-0.39, 0.29) is 5.92 Å². The lowest BCUT2D eigenvalue weighted by molar-refractivity contribution is 0.546. The first-order chi connectivity index (χ1) is 11.1. The molecule has 0 aromatic heterocycles. The van der Waals surface area contributed by atoms with Crippen LogP contribution in [0.3, 0.4) is 0 Å². The molecule has 1 aromatic rings. The van der Waals surface area contributed by atoms with Gasteiger partial charge in [0, 0.05) is 14.3 Å². The number of hydrogen-bond donors (Lipinski definition) is 0. The Morgan fingerprint density at radius 3 is 2.35 bits per heavy atom. The Morgan fingerprint density at radius 2 is 1.83 bits per heavy atom. The highest BCUT2D eigenvalue weighted by Crippen LogP contribution is 2.37. The molecule has 1 aliphatic heterocycles. The first-order valence-corrected chi connectivity index (χ1v) is 11.4. The first kappa shape index (κ1) is 18.6. The quantitative estimate of drug-likeness (QED) is 0.388. The maximum Gasteiger partial charge on any atom is 0.147 e. The predicted molar refractivity (Wildman–Crippen MR) is 94.4 cm³/mol. The van der Waals surface area contributed by atoms with Crippen LogP contribution in [0.2, 0.25) is 18.1 Å². The van der Waals surface area contributed by atoms with Crippen LogP contribution in [-0.4, -0.2) is 8.80 Å². The summed E-state index contributed by atoms with van der Waals surface area (Å²) in [6.07, 6.45) is 5.91. The summed E-state index contributed by atoms with van der Waals surface area (Å²) in [7, 11) is -0.650. The zero-order chi connectivity index (χ0) is 16.8. The lowest BCUT2D eigenvalue weighted by Gasteiger charge is -2.28. The van der Waals surface area contributed by atoms with E-state index in [0.717, 1.165) is 12.8 Å². The van der Waals surface area contributed by atoms with E-state index < -0.39 is 31.8 Å². The van der Waals surface area contributed by atoms with Crippen molar-refractivity contribution in [2.45, 2.75) is 63.1 Å². The number of benzene rings is 1. The molecule has 2 rings (SSSR count). The topological polar surface area (TPSA) is 0 Å². The van der Waals surface area contributed by atoms with Crippen molar-refractivity contribution in [2.24, 2.45) is 0 Å². The average molecular weight is 361 g/mol. The third-order valence-corrected chi connectivity index (χ3v) is 8.65. The Labute approximate surface area is 143 Å². The largest absolute Gasteiger partial charge is 0.206 e. The fraction of sp³-hybridized carbons (Fsp3) is 0.556. The summed E-state index contributed by atoms with van der Waals surface area (Å²) in [5, 5.41) is 0. The van der Waals surface area contributed by atoms with E-state index in [0.29, 0.717) is 11.1 Å². The third-order valence-electron chi connectivity index (χ3n) is 4.93. The monoisotopic (exact) mass is 360 g/mol. The Kier molecular flexibility index (Phi) is 7.22. The van der Waals surface area contributed by atoms with Gasteiger partial charge in [-0.1, -0.05) is 55.9 Å². The van der Waals surface area contributed by atoms with Gasteiger partial charge >= 0.3 is 0 Å². The highest BCUT2D eigenvalue weighted by molar-refractivity contribution is 6.59. The van der Waals surface area contributed by atoms with Crippen LogP contribution in [0.1, 0.15) is 56.1 Å². The molecule has 0 bridgehead atoms. The van der Waals surface area contributed by atoms with Crippen molar-refractivity contribution in [1.29, 1.82) is 0 Å². The maximum atomic E-state index is 14.0. The van der Waals surface area contributed by atoms with Gasteiger partial charge in [-0.2, -0.15) is 0 Å². The van der Waals surface area contributed by atoms with Gasteiger partial charge in [-0.3, -0.25) is 0 Å². The van der Waals surface area contributed by atoms with Crippen LogP contribution in [-0.2, 0) is 0 Å². The van der Waals surface area contributed by atoms with Crippen LogP contribution < -0.4 is 0 Å². The van der Waals surface area contributed by atoms with E-state index in [4.69, 9.17) is 11.6 Å². The molecule has 0 unspecified atom stereocenters. The predicted octanol–water partition coefficient (Wildman–Crippen LogP) is 6.77. The summed E-state index contributed by atoms with van der Waals surface area (Å²) in [5.41, 5.74) is 0.562. The Morgan fingerprint density at radius 1 is 1.22 bits per heavy atom. The van der Waals surface area contributed by atoms with E-state index in [1.165, 1.54) is 49.5 Å². The second-order valence-corrected chi connectivity index (χ2v) is 10.2. The van der Waals surface area contributed by atoms with E-state index >= 15 is 0 Å². The SMILES string of the molecule is CCCCC[Si@H]1CC[C@H](c2cc(F)c(C(F)=CCl)c(F)c2)CC1. The van der Waals surface area contributed by atoms with Gasteiger partial charge < -0.3 is 0 Å². The molecular formula is C18H24ClF3Si. The van der Waals surface area contributed by atoms with E-state index in [1.807, 2.05) is 0 Å². The van der Waals surface area contributed by atoms with Gasteiger partial charge in [-0.05, 0) is 36.5 Å². The normalized spacial score (nSPS) is 22.4. The molecule has 0 nitrogen and oxygen atoms in total. The number of hydrogen-bond acceptors (Lipinski definition) is 0. The molecule has 0 radical (unpaired) electrons. The number of halogens is 4. The molecule has 1 aromatic carbocycles. The maximum absolute atomic E-state index is 14.0. The molecule has 0 aliphatic carbocycles. The Bertz CT molecular complexity index is 528. The minimum absolute atomic E-state index is 0.200. The molecule has 0 saturated carbocycles. The van der Waals surface area contributed by atoms with Crippen LogP contribution in [0.5, 0.6) is 0 Å². The first-order valence-electron chi connectivity index (χ1n) is 8.52. The van der Waals surface area contributed by atoms with Gasteiger partial charge in [0.2, 0.25) is 0 Å². The van der Waals surface area contributed by atoms with Gasteiger partial charge in [0.05, 0.1) is 5.56 Å². The summed E-state index contributed by atoms with van der Waals surface area (Å²) in [6.45, 7) is 2.22. The fourth-order valence-corrected chi connectivity index (χ4v) is 7.17. The van der Waals surface area contributed by atoms with Gasteiger partial charge in [-0.25, -0.2) is 13.2 Å². The summed E-state index contributed by atoms with van der Waals surface area (Å²) >= 11 is 5.22. The summed E-state index contributed by atoms with van der Waals surface area (Å²) in [4.78, 5) is 0. The van der Waals surface area contributed by atoms with Gasteiger partial charge in [-0.15, -0.1) is 0 Å². The zero-order valence-corrected chi connectivity index (χ0v) is 15.5. The second-order valence-electron chi connectivity index (χ2n) is 6.53. The van der Waals surface area contributed by atoms with Crippen LogP contribution in [0.15, 0.2) is 17.7 Å². The molecule has 23 heavy (non-hydrogen) atoms. The highest BCUT2D eigenvalue weighted by atomic mass is 35.5. The molecule has 1 saturated heterocycles. The second kappa shape index (κ2) is 8.93. The highest BCUT2D eigenvalue weighted by Gasteiger charge is 2.25. The molecule has 0 amide bonds. The van der Waals surface area contributed by atoms with Crippen molar-refractivity contribution >= 4 is 26.2 Å². The molecule has 1 fully saturated rings. The smallest absolute Gasteiger partial charge is 0.147 e. The number of rotatable bonds is 6. The molecule has 0 atom stereocenters. The summed E-state index contributed by atoms with van der Waals surface area (Å²) < 4.78 is 41.4. The molecule has 128 valence electrons. The van der Waals surface area contributed by atoms with Crippen LogP contribution in [0.25, 0.3) is 5.83 Å². The number of unbranched alkanes of at least 4 members (excludes halogenated alkanes) is 2. The van der Waals surface area contributed by atoms with Crippen molar-refractivity contribution in [3.8, 4) is 0 Å². The average Bonchev–Trinajstić information content (AvgIpc) is 2.54. The molecule has 0 N–H and O–H groups in total. The van der Waals surface area contributed by atoms with Crippen molar-refractivity contribution < 1.29 is 13.2 Å². The fourth-order valence-electron chi connectivity index (χ4n) is 3.58. The minimum atomic E-state index is -1.07. The Hall–Kier alpha value is -0.743. The molecule has 1 aliphatic rings. The molecule has 0 spiro atoms. The zero-order valence-electron chi connectivity index (χ0n) is 13.6. The third kappa shape index (κ3) is 4.86. The minimum Gasteiger partial charge on any atom is -0.206 e. The van der Waals surface area contributed by atoms with E-state index in [1.54, 1.807) is 0 Å². The summed E-state index contributed by atoms with van der Waals surface area (Å²) in [5.74, 6) is -2.60.